The highest BCUT2D eigenvalue weighted by Gasteiger charge is 2.21. The number of hydrogen-bond acceptors (Lipinski definition) is 5. The zero-order valence-corrected chi connectivity index (χ0v) is 10.2. The van der Waals surface area contributed by atoms with Gasteiger partial charge in [0, 0.05) is 44.8 Å². The number of aromatic nitrogens is 1. The second kappa shape index (κ2) is 5.95. The molecule has 0 radical (unpaired) electrons. The smallest absolute Gasteiger partial charge is 0.213 e. The van der Waals surface area contributed by atoms with Crippen LogP contribution in [0.15, 0.2) is 18.2 Å². The average molecular weight is 236 g/mol. The summed E-state index contributed by atoms with van der Waals surface area (Å²) < 4.78 is 5.13. The highest BCUT2D eigenvalue weighted by Crippen LogP contribution is 2.11. The van der Waals surface area contributed by atoms with E-state index in [9.17, 15) is 0 Å². The zero-order valence-electron chi connectivity index (χ0n) is 10.2. The van der Waals surface area contributed by atoms with Crippen LogP contribution in [-0.4, -0.2) is 49.2 Å². The van der Waals surface area contributed by atoms with Crippen molar-refractivity contribution < 1.29 is 4.74 Å². The normalized spacial score (nSPS) is 21.4. The molecule has 0 aromatic carbocycles. The third-order valence-corrected chi connectivity index (χ3v) is 3.10. The van der Waals surface area contributed by atoms with E-state index in [0.717, 1.165) is 31.9 Å². The van der Waals surface area contributed by atoms with Crippen LogP contribution in [0.25, 0.3) is 0 Å². The number of methoxy groups -OCH3 is 1. The third kappa shape index (κ3) is 3.15. The largest absolute Gasteiger partial charge is 0.481 e. The van der Waals surface area contributed by atoms with Crippen LogP contribution in [0, 0.1) is 0 Å². The Hall–Kier alpha value is -1.17. The van der Waals surface area contributed by atoms with Gasteiger partial charge in [0.2, 0.25) is 5.88 Å². The molecule has 1 saturated heterocycles. The lowest BCUT2D eigenvalue weighted by Crippen LogP contribution is -2.53. The number of nitrogens with one attached hydrogen (secondary N) is 1. The summed E-state index contributed by atoms with van der Waals surface area (Å²) in [5.74, 6) is 0.668. The Kier molecular flexibility index (Phi) is 4.30. The number of nitrogens with two attached hydrogens (primary N) is 1. The molecule has 1 atom stereocenters. The van der Waals surface area contributed by atoms with Crippen molar-refractivity contribution in [2.24, 2.45) is 5.73 Å². The molecule has 1 fully saturated rings. The fraction of sp³-hybridized carbons (Fsp3) is 0.583. The van der Waals surface area contributed by atoms with Crippen LogP contribution in [0.5, 0.6) is 5.88 Å². The van der Waals surface area contributed by atoms with Gasteiger partial charge in [0.25, 0.3) is 0 Å². The van der Waals surface area contributed by atoms with Crippen LogP contribution in [0.3, 0.4) is 0 Å². The van der Waals surface area contributed by atoms with E-state index in [2.05, 4.69) is 15.2 Å². The van der Waals surface area contributed by atoms with Gasteiger partial charge in [0.1, 0.15) is 0 Å². The molecule has 0 saturated carbocycles. The number of rotatable bonds is 4. The molecule has 5 heteroatoms. The summed E-state index contributed by atoms with van der Waals surface area (Å²) in [5.41, 5.74) is 6.81. The minimum Gasteiger partial charge on any atom is -0.481 e. The Morgan fingerprint density at radius 3 is 3.24 bits per heavy atom. The van der Waals surface area contributed by atoms with Crippen molar-refractivity contribution in [3.8, 4) is 5.88 Å². The summed E-state index contributed by atoms with van der Waals surface area (Å²) >= 11 is 0. The number of hydrogen-bond donors (Lipinski definition) is 2. The van der Waals surface area contributed by atoms with E-state index in [4.69, 9.17) is 10.5 Å². The Labute approximate surface area is 102 Å². The molecular weight excluding hydrogens is 216 g/mol. The molecule has 1 aliphatic rings. The summed E-state index contributed by atoms with van der Waals surface area (Å²) in [6.45, 7) is 4.50. The van der Waals surface area contributed by atoms with E-state index in [1.54, 1.807) is 7.11 Å². The van der Waals surface area contributed by atoms with Crippen molar-refractivity contribution in [1.29, 1.82) is 0 Å². The molecule has 2 rings (SSSR count). The maximum absolute atomic E-state index is 5.78. The molecule has 0 spiro atoms. The lowest BCUT2D eigenvalue weighted by Gasteiger charge is -2.35. The number of pyridine rings is 1. The average Bonchev–Trinajstić information content (AvgIpc) is 2.39. The maximum Gasteiger partial charge on any atom is 0.213 e. The summed E-state index contributed by atoms with van der Waals surface area (Å²) in [6, 6.07) is 6.26. The first-order chi connectivity index (χ1) is 8.33. The second-order valence-electron chi connectivity index (χ2n) is 4.24. The van der Waals surface area contributed by atoms with Crippen molar-refractivity contribution in [2.75, 3.05) is 33.3 Å². The van der Waals surface area contributed by atoms with Crippen molar-refractivity contribution in [3.63, 3.8) is 0 Å². The van der Waals surface area contributed by atoms with E-state index in [1.807, 2.05) is 18.2 Å². The topological polar surface area (TPSA) is 63.4 Å². The highest BCUT2D eigenvalue weighted by atomic mass is 16.5. The molecule has 0 aliphatic carbocycles. The standard InChI is InChI=1S/C12H20N4O/c1-17-12-4-2-3-10(15-12)9-16-6-5-14-8-11(16)7-13/h2-4,11,14H,5-9,13H2,1H3. The molecule has 3 N–H and O–H groups in total. The first-order valence-electron chi connectivity index (χ1n) is 5.98. The molecule has 1 aromatic rings. The van der Waals surface area contributed by atoms with E-state index in [-0.39, 0.29) is 0 Å². The number of piperazine rings is 1. The predicted molar refractivity (Wildman–Crippen MR) is 66.9 cm³/mol. The van der Waals surface area contributed by atoms with Crippen molar-refractivity contribution in [2.45, 2.75) is 12.6 Å². The van der Waals surface area contributed by atoms with E-state index in [1.165, 1.54) is 0 Å². The van der Waals surface area contributed by atoms with Gasteiger partial charge in [-0.3, -0.25) is 4.90 Å². The number of ether oxygens (including phenoxy) is 1. The molecule has 2 heterocycles. The Morgan fingerprint density at radius 1 is 1.59 bits per heavy atom. The summed E-state index contributed by atoms with van der Waals surface area (Å²) in [4.78, 5) is 6.80. The molecule has 1 aromatic heterocycles. The minimum atomic E-state index is 0.400. The van der Waals surface area contributed by atoms with Gasteiger partial charge >= 0.3 is 0 Å². The van der Waals surface area contributed by atoms with Gasteiger partial charge in [-0.15, -0.1) is 0 Å². The number of nitrogens with zero attached hydrogens (tertiary/aromatic N) is 2. The summed E-state index contributed by atoms with van der Waals surface area (Å²) in [7, 11) is 1.64. The van der Waals surface area contributed by atoms with E-state index >= 15 is 0 Å². The van der Waals surface area contributed by atoms with Gasteiger partial charge in [0.15, 0.2) is 0 Å². The third-order valence-electron chi connectivity index (χ3n) is 3.10. The van der Waals surface area contributed by atoms with Crippen molar-refractivity contribution >= 4 is 0 Å². The van der Waals surface area contributed by atoms with E-state index < -0.39 is 0 Å². The first kappa shape index (κ1) is 12.3. The summed E-state index contributed by atoms with van der Waals surface area (Å²) in [6.07, 6.45) is 0. The van der Waals surface area contributed by atoms with Gasteiger partial charge in [-0.1, -0.05) is 6.07 Å². The molecule has 0 amide bonds. The summed E-state index contributed by atoms with van der Waals surface area (Å²) in [5, 5.41) is 3.36. The second-order valence-corrected chi connectivity index (χ2v) is 4.24. The van der Waals surface area contributed by atoms with Gasteiger partial charge < -0.3 is 15.8 Å². The SMILES string of the molecule is COc1cccc(CN2CCNCC2CN)n1. The van der Waals surface area contributed by atoms with Gasteiger partial charge in [-0.2, -0.15) is 0 Å². The Morgan fingerprint density at radius 2 is 2.47 bits per heavy atom. The molecule has 17 heavy (non-hydrogen) atoms. The fourth-order valence-corrected chi connectivity index (χ4v) is 2.11. The fourth-order valence-electron chi connectivity index (χ4n) is 2.11. The zero-order chi connectivity index (χ0) is 12.1. The lowest BCUT2D eigenvalue weighted by molar-refractivity contribution is 0.155. The van der Waals surface area contributed by atoms with Crippen LogP contribution in [0.2, 0.25) is 0 Å². The lowest BCUT2D eigenvalue weighted by atomic mass is 10.2. The minimum absolute atomic E-state index is 0.400. The monoisotopic (exact) mass is 236 g/mol. The van der Waals surface area contributed by atoms with Crippen molar-refractivity contribution in [3.05, 3.63) is 23.9 Å². The molecule has 94 valence electrons. The van der Waals surface area contributed by atoms with Crippen LogP contribution in [0.1, 0.15) is 5.69 Å². The Bertz CT molecular complexity index is 358. The molecule has 5 nitrogen and oxygen atoms in total. The first-order valence-corrected chi connectivity index (χ1v) is 5.98. The Balaban J connectivity index is 2.02. The van der Waals surface area contributed by atoms with Crippen molar-refractivity contribution in [1.82, 2.24) is 15.2 Å². The molecular formula is C12H20N4O. The molecule has 1 unspecified atom stereocenters. The van der Waals surface area contributed by atoms with Gasteiger partial charge in [-0.25, -0.2) is 4.98 Å². The van der Waals surface area contributed by atoms with Crippen LogP contribution in [0.4, 0.5) is 0 Å². The molecule has 0 bridgehead atoms. The van der Waals surface area contributed by atoms with Gasteiger partial charge in [-0.05, 0) is 6.07 Å². The maximum atomic E-state index is 5.78. The van der Waals surface area contributed by atoms with E-state index in [0.29, 0.717) is 18.5 Å². The van der Waals surface area contributed by atoms with Crippen LogP contribution in [-0.2, 0) is 6.54 Å². The quantitative estimate of drug-likeness (QED) is 0.759. The highest BCUT2D eigenvalue weighted by molar-refractivity contribution is 5.15. The molecule has 1 aliphatic heterocycles. The predicted octanol–water partition coefficient (Wildman–Crippen LogP) is -0.177. The van der Waals surface area contributed by atoms with Crippen LogP contribution >= 0.6 is 0 Å². The van der Waals surface area contributed by atoms with Gasteiger partial charge in [0.05, 0.1) is 12.8 Å². The van der Waals surface area contributed by atoms with Crippen LogP contribution < -0.4 is 15.8 Å².